The van der Waals surface area contributed by atoms with Gasteiger partial charge in [0.15, 0.2) is 5.82 Å². The van der Waals surface area contributed by atoms with Gasteiger partial charge in [0.1, 0.15) is 6.04 Å². The van der Waals surface area contributed by atoms with Crippen molar-refractivity contribution in [2.45, 2.75) is 6.04 Å². The molecule has 0 aliphatic heterocycles. The number of nitrogens with zero attached hydrogens (tertiary/aromatic N) is 4. The van der Waals surface area contributed by atoms with Crippen molar-refractivity contribution in [3.63, 3.8) is 0 Å². The van der Waals surface area contributed by atoms with E-state index in [-0.39, 0.29) is 12.5 Å². The first-order valence-corrected chi connectivity index (χ1v) is 6.00. The molecule has 0 saturated carbocycles. The van der Waals surface area contributed by atoms with Gasteiger partial charge in [0, 0.05) is 25.4 Å². The number of methoxy groups -OCH3 is 1. The molecule has 0 fully saturated rings. The van der Waals surface area contributed by atoms with Crippen LogP contribution in [0.4, 0.5) is 5.69 Å². The third kappa shape index (κ3) is 3.16. The number of anilines is 1. The van der Waals surface area contributed by atoms with E-state index in [0.717, 1.165) is 5.56 Å². The Kier molecular flexibility index (Phi) is 4.38. The standard InChI is InChI=1S/C12H16N6O2/c1-18-11(15-16-17-18)8-4-3-5-9(6-8)14-12(19)10(13)7-20-2/h3-6,10H,7,13H2,1-2H3,(H,14,19). The molecule has 1 amide bonds. The number of benzene rings is 1. The van der Waals surface area contributed by atoms with Crippen molar-refractivity contribution >= 4 is 11.6 Å². The van der Waals surface area contributed by atoms with Crippen LogP contribution in [0.15, 0.2) is 24.3 Å². The number of aromatic nitrogens is 4. The van der Waals surface area contributed by atoms with Crippen molar-refractivity contribution in [2.24, 2.45) is 12.8 Å². The lowest BCUT2D eigenvalue weighted by Crippen LogP contribution is -2.39. The van der Waals surface area contributed by atoms with E-state index in [1.54, 1.807) is 23.9 Å². The average Bonchev–Trinajstić information content (AvgIpc) is 2.85. The van der Waals surface area contributed by atoms with Crippen LogP contribution in [0.2, 0.25) is 0 Å². The van der Waals surface area contributed by atoms with Crippen molar-refractivity contribution in [1.29, 1.82) is 0 Å². The quantitative estimate of drug-likeness (QED) is 0.782. The van der Waals surface area contributed by atoms with Crippen molar-refractivity contribution in [3.8, 4) is 11.4 Å². The average molecular weight is 276 g/mol. The Labute approximate surface area is 115 Å². The molecule has 106 valence electrons. The number of aryl methyl sites for hydroxylation is 1. The lowest BCUT2D eigenvalue weighted by atomic mass is 10.2. The van der Waals surface area contributed by atoms with Crippen LogP contribution in [0.5, 0.6) is 0 Å². The summed E-state index contributed by atoms with van der Waals surface area (Å²) >= 11 is 0. The predicted molar refractivity (Wildman–Crippen MR) is 72.7 cm³/mol. The molecule has 1 heterocycles. The second-order valence-corrected chi connectivity index (χ2v) is 4.26. The van der Waals surface area contributed by atoms with Gasteiger partial charge in [-0.05, 0) is 22.6 Å². The summed E-state index contributed by atoms with van der Waals surface area (Å²) in [5.41, 5.74) is 7.09. The van der Waals surface area contributed by atoms with Crippen LogP contribution in [-0.2, 0) is 16.6 Å². The van der Waals surface area contributed by atoms with Gasteiger partial charge < -0.3 is 15.8 Å². The lowest BCUT2D eigenvalue weighted by molar-refractivity contribution is -0.118. The van der Waals surface area contributed by atoms with Crippen LogP contribution in [0.3, 0.4) is 0 Å². The summed E-state index contributed by atoms with van der Waals surface area (Å²) in [5, 5.41) is 14.0. The van der Waals surface area contributed by atoms with Crippen molar-refractivity contribution in [2.75, 3.05) is 19.0 Å². The minimum absolute atomic E-state index is 0.165. The molecule has 1 aromatic carbocycles. The molecule has 3 N–H and O–H groups in total. The summed E-state index contributed by atoms with van der Waals surface area (Å²) < 4.78 is 6.40. The van der Waals surface area contributed by atoms with Crippen LogP contribution in [0, 0.1) is 0 Å². The first-order valence-electron chi connectivity index (χ1n) is 6.00. The number of carbonyl (C=O) groups is 1. The number of amides is 1. The van der Waals surface area contributed by atoms with Gasteiger partial charge in [0.2, 0.25) is 5.91 Å². The van der Waals surface area contributed by atoms with Gasteiger partial charge in [-0.15, -0.1) is 5.10 Å². The Bertz CT molecular complexity index is 597. The van der Waals surface area contributed by atoms with E-state index in [4.69, 9.17) is 10.5 Å². The first-order chi connectivity index (χ1) is 9.61. The van der Waals surface area contributed by atoms with Crippen LogP contribution in [0.25, 0.3) is 11.4 Å². The van der Waals surface area contributed by atoms with E-state index < -0.39 is 6.04 Å². The highest BCUT2D eigenvalue weighted by atomic mass is 16.5. The summed E-state index contributed by atoms with van der Waals surface area (Å²) in [7, 11) is 3.24. The maximum Gasteiger partial charge on any atom is 0.243 e. The Morgan fingerprint density at radius 1 is 1.55 bits per heavy atom. The van der Waals surface area contributed by atoms with Crippen LogP contribution in [0.1, 0.15) is 0 Å². The van der Waals surface area contributed by atoms with E-state index in [1.807, 2.05) is 12.1 Å². The molecule has 20 heavy (non-hydrogen) atoms. The van der Waals surface area contributed by atoms with Gasteiger partial charge in [0.25, 0.3) is 0 Å². The third-order valence-corrected chi connectivity index (χ3v) is 2.69. The number of carbonyl (C=O) groups excluding carboxylic acids is 1. The molecule has 1 unspecified atom stereocenters. The molecule has 1 atom stereocenters. The van der Waals surface area contributed by atoms with Gasteiger partial charge in [-0.3, -0.25) is 4.79 Å². The summed E-state index contributed by atoms with van der Waals surface area (Å²) in [6.07, 6.45) is 0. The predicted octanol–water partition coefficient (Wildman–Crippen LogP) is -0.211. The molecule has 0 radical (unpaired) electrons. The summed E-state index contributed by atoms with van der Waals surface area (Å²) in [6, 6.07) is 6.51. The smallest absolute Gasteiger partial charge is 0.243 e. The van der Waals surface area contributed by atoms with E-state index >= 15 is 0 Å². The molecule has 0 spiro atoms. The SMILES string of the molecule is COCC(N)C(=O)Nc1cccc(-c2nnnn2C)c1. The number of hydrogen-bond donors (Lipinski definition) is 2. The van der Waals surface area contributed by atoms with Crippen LogP contribution >= 0.6 is 0 Å². The van der Waals surface area contributed by atoms with Crippen molar-refractivity contribution in [3.05, 3.63) is 24.3 Å². The van der Waals surface area contributed by atoms with Gasteiger partial charge >= 0.3 is 0 Å². The highest BCUT2D eigenvalue weighted by molar-refractivity contribution is 5.95. The zero-order valence-electron chi connectivity index (χ0n) is 11.3. The summed E-state index contributed by atoms with van der Waals surface area (Å²) in [5.74, 6) is 0.308. The largest absolute Gasteiger partial charge is 0.383 e. The summed E-state index contributed by atoms with van der Waals surface area (Å²) in [4.78, 5) is 11.8. The Morgan fingerprint density at radius 3 is 3.00 bits per heavy atom. The molecule has 2 aromatic rings. The molecular formula is C12H16N6O2. The lowest BCUT2D eigenvalue weighted by Gasteiger charge is -2.11. The number of nitrogens with one attached hydrogen (secondary N) is 1. The highest BCUT2D eigenvalue weighted by Crippen LogP contribution is 2.19. The highest BCUT2D eigenvalue weighted by Gasteiger charge is 2.14. The molecule has 8 nitrogen and oxygen atoms in total. The second kappa shape index (κ2) is 6.22. The third-order valence-electron chi connectivity index (χ3n) is 2.69. The van der Waals surface area contributed by atoms with Gasteiger partial charge in [-0.25, -0.2) is 4.68 Å². The van der Waals surface area contributed by atoms with Crippen molar-refractivity contribution < 1.29 is 9.53 Å². The number of nitrogens with two attached hydrogens (primary N) is 1. The number of ether oxygens (including phenoxy) is 1. The van der Waals surface area contributed by atoms with E-state index in [0.29, 0.717) is 11.5 Å². The maximum absolute atomic E-state index is 11.8. The van der Waals surface area contributed by atoms with Gasteiger partial charge in [0.05, 0.1) is 6.61 Å². The van der Waals surface area contributed by atoms with E-state index in [9.17, 15) is 4.79 Å². The molecule has 2 rings (SSSR count). The zero-order chi connectivity index (χ0) is 14.5. The topological polar surface area (TPSA) is 108 Å². The molecule has 1 aromatic heterocycles. The number of rotatable bonds is 5. The monoisotopic (exact) mass is 276 g/mol. The molecule has 0 aliphatic carbocycles. The minimum atomic E-state index is -0.708. The maximum atomic E-state index is 11.8. The zero-order valence-corrected chi connectivity index (χ0v) is 11.3. The fourth-order valence-corrected chi connectivity index (χ4v) is 1.70. The first kappa shape index (κ1) is 14.1. The molecule has 8 heteroatoms. The summed E-state index contributed by atoms with van der Waals surface area (Å²) in [6.45, 7) is 0.165. The Balaban J connectivity index is 2.15. The van der Waals surface area contributed by atoms with E-state index in [2.05, 4.69) is 20.8 Å². The normalized spacial score (nSPS) is 12.2. The fraction of sp³-hybridized carbons (Fsp3) is 0.333. The second-order valence-electron chi connectivity index (χ2n) is 4.26. The van der Waals surface area contributed by atoms with E-state index in [1.165, 1.54) is 7.11 Å². The van der Waals surface area contributed by atoms with Gasteiger partial charge in [-0.1, -0.05) is 12.1 Å². The number of hydrogen-bond acceptors (Lipinski definition) is 6. The van der Waals surface area contributed by atoms with Crippen molar-refractivity contribution in [1.82, 2.24) is 20.2 Å². The minimum Gasteiger partial charge on any atom is -0.383 e. The molecular weight excluding hydrogens is 260 g/mol. The van der Waals surface area contributed by atoms with Gasteiger partial charge in [-0.2, -0.15) is 0 Å². The Morgan fingerprint density at radius 2 is 2.35 bits per heavy atom. The van der Waals surface area contributed by atoms with Crippen LogP contribution < -0.4 is 11.1 Å². The number of tetrazole rings is 1. The molecule has 0 saturated heterocycles. The molecule has 0 bridgehead atoms. The Hall–Kier alpha value is -2.32. The molecule has 0 aliphatic rings. The fourth-order valence-electron chi connectivity index (χ4n) is 1.70. The van der Waals surface area contributed by atoms with Crippen LogP contribution in [-0.4, -0.2) is 45.9 Å².